The predicted molar refractivity (Wildman–Crippen MR) is 77.3 cm³/mol. The van der Waals surface area contributed by atoms with Crippen molar-refractivity contribution in [3.05, 3.63) is 29.8 Å². The summed E-state index contributed by atoms with van der Waals surface area (Å²) in [5.74, 6) is -2.67. The van der Waals surface area contributed by atoms with Crippen LogP contribution in [0.15, 0.2) is 24.3 Å². The highest BCUT2D eigenvalue weighted by molar-refractivity contribution is 5.84. The van der Waals surface area contributed by atoms with Crippen LogP contribution in [0.1, 0.15) is 38.7 Å². The Morgan fingerprint density at radius 2 is 1.77 bits per heavy atom. The number of hydrogen-bond acceptors (Lipinski definition) is 3. The van der Waals surface area contributed by atoms with Crippen LogP contribution in [0.4, 0.5) is 19.3 Å². The van der Waals surface area contributed by atoms with Crippen LogP contribution in [-0.4, -0.2) is 29.2 Å². The molecule has 0 saturated carbocycles. The number of hydrogen-bond donors (Lipinski definition) is 2. The zero-order chi connectivity index (χ0) is 16.9. The molecule has 0 aliphatic rings. The maximum absolute atomic E-state index is 12.9. The molecule has 5 nitrogen and oxygen atoms in total. The Bertz CT molecular complexity index is 523. The van der Waals surface area contributed by atoms with Crippen molar-refractivity contribution < 1.29 is 28.2 Å². The SMILES string of the molecule is CC(C)(C)OC(=O)Nc1ccc(C(CC(=O)O)C(F)F)cc1. The molecular weight excluding hydrogens is 296 g/mol. The van der Waals surface area contributed by atoms with E-state index in [1.54, 1.807) is 20.8 Å². The Hall–Kier alpha value is -2.18. The summed E-state index contributed by atoms with van der Waals surface area (Å²) in [5, 5.41) is 11.1. The van der Waals surface area contributed by atoms with Crippen molar-refractivity contribution in [1.82, 2.24) is 0 Å². The van der Waals surface area contributed by atoms with E-state index in [2.05, 4.69) is 5.32 Å². The molecule has 1 unspecified atom stereocenters. The van der Waals surface area contributed by atoms with Gasteiger partial charge in [0.25, 0.3) is 0 Å². The van der Waals surface area contributed by atoms with Crippen LogP contribution >= 0.6 is 0 Å². The van der Waals surface area contributed by atoms with E-state index in [-0.39, 0.29) is 5.56 Å². The molecule has 22 heavy (non-hydrogen) atoms. The minimum Gasteiger partial charge on any atom is -0.481 e. The monoisotopic (exact) mass is 315 g/mol. The van der Waals surface area contributed by atoms with E-state index in [4.69, 9.17) is 9.84 Å². The first-order valence-electron chi connectivity index (χ1n) is 6.68. The Labute approximate surface area is 127 Å². The summed E-state index contributed by atoms with van der Waals surface area (Å²) in [6.45, 7) is 5.15. The molecule has 0 bridgehead atoms. The van der Waals surface area contributed by atoms with Gasteiger partial charge in [0, 0.05) is 5.69 Å². The molecule has 0 saturated heterocycles. The van der Waals surface area contributed by atoms with Crippen LogP contribution in [0.5, 0.6) is 0 Å². The number of nitrogens with one attached hydrogen (secondary N) is 1. The molecule has 1 atom stereocenters. The van der Waals surface area contributed by atoms with Crippen LogP contribution in [0, 0.1) is 0 Å². The summed E-state index contributed by atoms with van der Waals surface area (Å²) in [6, 6.07) is 5.59. The smallest absolute Gasteiger partial charge is 0.412 e. The fourth-order valence-corrected chi connectivity index (χ4v) is 1.78. The van der Waals surface area contributed by atoms with E-state index in [0.717, 1.165) is 0 Å². The molecule has 0 aliphatic heterocycles. The third-order valence-corrected chi connectivity index (χ3v) is 2.68. The number of carbonyl (C=O) groups excluding carboxylic acids is 1. The lowest BCUT2D eigenvalue weighted by Crippen LogP contribution is -2.27. The third kappa shape index (κ3) is 6.07. The summed E-state index contributed by atoms with van der Waals surface area (Å²) < 4.78 is 30.8. The standard InChI is InChI=1S/C15H19F2NO4/c1-15(2,3)22-14(21)18-10-6-4-9(5-7-10)11(13(16)17)8-12(19)20/h4-7,11,13H,8H2,1-3H3,(H,18,21)(H,19,20). The molecule has 0 fully saturated rings. The first kappa shape index (κ1) is 17.9. The Balaban J connectivity index is 2.77. The van der Waals surface area contributed by atoms with Gasteiger partial charge in [-0.05, 0) is 38.5 Å². The summed E-state index contributed by atoms with van der Waals surface area (Å²) in [6.07, 6.45) is -4.09. The van der Waals surface area contributed by atoms with Gasteiger partial charge in [-0.1, -0.05) is 12.1 Å². The number of halogens is 2. The minimum absolute atomic E-state index is 0.201. The number of amides is 1. The number of rotatable bonds is 5. The van der Waals surface area contributed by atoms with E-state index in [1.165, 1.54) is 24.3 Å². The highest BCUT2D eigenvalue weighted by Gasteiger charge is 2.25. The van der Waals surface area contributed by atoms with Crippen LogP contribution in [0.25, 0.3) is 0 Å². The highest BCUT2D eigenvalue weighted by atomic mass is 19.3. The number of anilines is 1. The summed E-state index contributed by atoms with van der Waals surface area (Å²) in [5.41, 5.74) is -0.0692. The van der Waals surface area contributed by atoms with E-state index < -0.39 is 36.4 Å². The van der Waals surface area contributed by atoms with Crippen LogP contribution in [0.2, 0.25) is 0 Å². The molecule has 0 aliphatic carbocycles. The van der Waals surface area contributed by atoms with Crippen molar-refractivity contribution in [2.75, 3.05) is 5.32 Å². The van der Waals surface area contributed by atoms with Gasteiger partial charge in [0.2, 0.25) is 6.43 Å². The normalized spacial score (nSPS) is 12.8. The van der Waals surface area contributed by atoms with Gasteiger partial charge in [-0.15, -0.1) is 0 Å². The van der Waals surface area contributed by atoms with Gasteiger partial charge in [0.1, 0.15) is 5.60 Å². The number of benzene rings is 1. The van der Waals surface area contributed by atoms with Crippen molar-refractivity contribution in [2.45, 2.75) is 45.1 Å². The summed E-state index contributed by atoms with van der Waals surface area (Å²) in [4.78, 5) is 22.2. The second-order valence-electron chi connectivity index (χ2n) is 5.79. The van der Waals surface area contributed by atoms with Gasteiger partial charge in [0.05, 0.1) is 12.3 Å². The van der Waals surface area contributed by atoms with Crippen molar-refractivity contribution in [1.29, 1.82) is 0 Å². The first-order chi connectivity index (χ1) is 10.1. The lowest BCUT2D eigenvalue weighted by atomic mass is 9.96. The second-order valence-corrected chi connectivity index (χ2v) is 5.79. The van der Waals surface area contributed by atoms with Crippen molar-refractivity contribution in [3.63, 3.8) is 0 Å². The molecule has 1 amide bonds. The molecule has 0 radical (unpaired) electrons. The predicted octanol–water partition coefficient (Wildman–Crippen LogP) is 3.86. The number of carboxylic acid groups (broad SMARTS) is 1. The van der Waals surface area contributed by atoms with Gasteiger partial charge in [0.15, 0.2) is 0 Å². The maximum atomic E-state index is 12.9. The lowest BCUT2D eigenvalue weighted by molar-refractivity contribution is -0.138. The third-order valence-electron chi connectivity index (χ3n) is 2.68. The lowest BCUT2D eigenvalue weighted by Gasteiger charge is -2.20. The minimum atomic E-state index is -2.78. The van der Waals surface area contributed by atoms with Gasteiger partial charge in [-0.25, -0.2) is 13.6 Å². The number of alkyl halides is 2. The molecule has 0 aromatic heterocycles. The Morgan fingerprint density at radius 3 is 2.18 bits per heavy atom. The number of carbonyl (C=O) groups is 2. The van der Waals surface area contributed by atoms with E-state index in [0.29, 0.717) is 5.69 Å². The molecule has 1 rings (SSSR count). The van der Waals surface area contributed by atoms with Gasteiger partial charge in [-0.3, -0.25) is 10.1 Å². The molecule has 2 N–H and O–H groups in total. The van der Waals surface area contributed by atoms with Crippen molar-refractivity contribution in [3.8, 4) is 0 Å². The number of aliphatic carboxylic acids is 1. The molecule has 1 aromatic carbocycles. The van der Waals surface area contributed by atoms with Gasteiger partial charge in [-0.2, -0.15) is 0 Å². The molecule has 122 valence electrons. The van der Waals surface area contributed by atoms with Gasteiger partial charge < -0.3 is 9.84 Å². The van der Waals surface area contributed by atoms with E-state index >= 15 is 0 Å². The highest BCUT2D eigenvalue weighted by Crippen LogP contribution is 2.28. The topological polar surface area (TPSA) is 75.6 Å². The number of carboxylic acids is 1. The van der Waals surface area contributed by atoms with Crippen LogP contribution < -0.4 is 5.32 Å². The van der Waals surface area contributed by atoms with Crippen molar-refractivity contribution >= 4 is 17.7 Å². The fourth-order valence-electron chi connectivity index (χ4n) is 1.78. The fraction of sp³-hybridized carbons (Fsp3) is 0.467. The quantitative estimate of drug-likeness (QED) is 0.865. The molecule has 0 spiro atoms. The molecule has 0 heterocycles. The summed E-state index contributed by atoms with van der Waals surface area (Å²) in [7, 11) is 0. The second kappa shape index (κ2) is 7.20. The average molecular weight is 315 g/mol. The zero-order valence-electron chi connectivity index (χ0n) is 12.6. The van der Waals surface area contributed by atoms with Crippen molar-refractivity contribution in [2.24, 2.45) is 0 Å². The van der Waals surface area contributed by atoms with Crippen LogP contribution in [0.3, 0.4) is 0 Å². The average Bonchev–Trinajstić information content (AvgIpc) is 2.34. The Morgan fingerprint density at radius 1 is 1.23 bits per heavy atom. The molecule has 7 heteroatoms. The molecular formula is C15H19F2NO4. The van der Waals surface area contributed by atoms with E-state index in [9.17, 15) is 18.4 Å². The molecule has 1 aromatic rings. The van der Waals surface area contributed by atoms with E-state index in [1.807, 2.05) is 0 Å². The van der Waals surface area contributed by atoms with Gasteiger partial charge >= 0.3 is 12.1 Å². The largest absolute Gasteiger partial charge is 0.481 e. The maximum Gasteiger partial charge on any atom is 0.412 e. The zero-order valence-corrected chi connectivity index (χ0v) is 12.6. The van der Waals surface area contributed by atoms with Crippen LogP contribution in [-0.2, 0) is 9.53 Å². The summed E-state index contributed by atoms with van der Waals surface area (Å²) >= 11 is 0. The first-order valence-corrected chi connectivity index (χ1v) is 6.68. The number of ether oxygens (including phenoxy) is 1. The Kier molecular flexibility index (Phi) is 5.84.